The molecule has 0 fully saturated rings. The van der Waals surface area contributed by atoms with Gasteiger partial charge in [-0.25, -0.2) is 0 Å². The summed E-state index contributed by atoms with van der Waals surface area (Å²) in [7, 11) is -2.67. The van der Waals surface area contributed by atoms with Crippen LogP contribution in [0.4, 0.5) is 0 Å². The second kappa shape index (κ2) is 14.6. The quantitative estimate of drug-likeness (QED) is 0.122. The third kappa shape index (κ3) is 6.35. The number of thiophene rings is 2. The molecule has 0 bridgehead atoms. The van der Waals surface area contributed by atoms with Crippen LogP contribution in [-0.4, -0.2) is 8.07 Å². The molecule has 3 heteroatoms. The van der Waals surface area contributed by atoms with Gasteiger partial charge in [-0.15, -0.1) is 22.7 Å². The monoisotopic (exact) mass is 750 g/mol. The standard InChI is InChI=1S/C50H58S2Si/c1-29(2)35-23-39(31(5)6)47(40(24-35)32(7)8)43-27-45-49(51-43)50-46(53(45,37-19-15-13-16-20-37)38-21-17-14-18-22-38)28-44(52-50)48-41(33(9)10)25-36(30(3)4)26-42(48)34(11)12/h13-34H,1-12H3. The fraction of sp³-hybridized carbons (Fsp3) is 0.360. The van der Waals surface area contributed by atoms with E-state index in [1.165, 1.54) is 74.4 Å². The first-order valence-electron chi connectivity index (χ1n) is 20.0. The average Bonchev–Trinajstić information content (AvgIpc) is 3.82. The van der Waals surface area contributed by atoms with E-state index in [0.29, 0.717) is 35.5 Å². The summed E-state index contributed by atoms with van der Waals surface area (Å²) in [4.78, 5) is 5.88. The fourth-order valence-electron chi connectivity index (χ4n) is 8.71. The molecule has 3 heterocycles. The van der Waals surface area contributed by atoms with Gasteiger partial charge in [0, 0.05) is 19.5 Å². The molecule has 2 aromatic heterocycles. The van der Waals surface area contributed by atoms with Crippen LogP contribution in [0, 0.1) is 0 Å². The Morgan fingerprint density at radius 1 is 0.377 bits per heavy atom. The van der Waals surface area contributed by atoms with Gasteiger partial charge in [-0.3, -0.25) is 0 Å². The van der Waals surface area contributed by atoms with Crippen LogP contribution in [0.25, 0.3) is 30.6 Å². The summed E-state index contributed by atoms with van der Waals surface area (Å²) in [5.41, 5.74) is 11.8. The van der Waals surface area contributed by atoms with E-state index in [-0.39, 0.29) is 0 Å². The van der Waals surface area contributed by atoms with E-state index in [4.69, 9.17) is 0 Å². The normalized spacial score (nSPS) is 13.7. The highest BCUT2D eigenvalue weighted by atomic mass is 32.1. The van der Waals surface area contributed by atoms with E-state index in [1.54, 1.807) is 10.4 Å². The van der Waals surface area contributed by atoms with Gasteiger partial charge in [-0.1, -0.05) is 168 Å². The van der Waals surface area contributed by atoms with Gasteiger partial charge >= 0.3 is 0 Å². The van der Waals surface area contributed by atoms with E-state index in [9.17, 15) is 0 Å². The molecule has 1 aliphatic rings. The van der Waals surface area contributed by atoms with Crippen LogP contribution in [-0.2, 0) is 0 Å². The van der Waals surface area contributed by atoms with Crippen molar-refractivity contribution in [2.45, 2.75) is 119 Å². The largest absolute Gasteiger partial charge is 0.182 e. The van der Waals surface area contributed by atoms with Gasteiger partial charge in [0.25, 0.3) is 0 Å². The Labute approximate surface area is 329 Å². The first kappa shape index (κ1) is 37.8. The van der Waals surface area contributed by atoms with Crippen molar-refractivity contribution in [3.63, 3.8) is 0 Å². The minimum atomic E-state index is -2.67. The molecule has 0 saturated heterocycles. The Hall–Kier alpha value is -3.50. The lowest BCUT2D eigenvalue weighted by molar-refractivity contribution is 0.808. The maximum Gasteiger partial charge on any atom is 0.182 e. The maximum absolute atomic E-state index is 2.67. The van der Waals surface area contributed by atoms with Crippen LogP contribution in [0.5, 0.6) is 0 Å². The molecule has 0 atom stereocenters. The zero-order valence-corrected chi connectivity index (χ0v) is 36.7. The lowest BCUT2D eigenvalue weighted by Crippen LogP contribution is -2.72. The van der Waals surface area contributed by atoms with E-state index in [2.05, 4.69) is 203 Å². The van der Waals surface area contributed by atoms with Crippen molar-refractivity contribution in [2.24, 2.45) is 0 Å². The predicted molar refractivity (Wildman–Crippen MR) is 240 cm³/mol. The van der Waals surface area contributed by atoms with Crippen LogP contribution >= 0.6 is 22.7 Å². The molecule has 0 amide bonds. The van der Waals surface area contributed by atoms with Gasteiger partial charge in [-0.05, 0) is 113 Å². The van der Waals surface area contributed by atoms with Crippen LogP contribution in [0.3, 0.4) is 0 Å². The first-order chi connectivity index (χ1) is 25.2. The molecule has 6 aromatic rings. The molecular weight excluding hydrogens is 693 g/mol. The van der Waals surface area contributed by atoms with Crippen molar-refractivity contribution in [2.75, 3.05) is 0 Å². The Morgan fingerprint density at radius 2 is 0.679 bits per heavy atom. The summed E-state index contributed by atoms with van der Waals surface area (Å²) in [6.07, 6.45) is 0. The number of benzene rings is 4. The van der Waals surface area contributed by atoms with Crippen LogP contribution in [0.1, 0.15) is 152 Å². The van der Waals surface area contributed by atoms with Crippen molar-refractivity contribution in [1.29, 1.82) is 0 Å². The molecule has 0 unspecified atom stereocenters. The number of hydrogen-bond acceptors (Lipinski definition) is 2. The number of hydrogen-bond donors (Lipinski definition) is 0. The molecule has 0 N–H and O–H groups in total. The summed E-state index contributed by atoms with van der Waals surface area (Å²) in [6, 6.07) is 38.6. The summed E-state index contributed by atoms with van der Waals surface area (Å²) in [6.45, 7) is 28.4. The predicted octanol–water partition coefficient (Wildman–Crippen LogP) is 13.2. The summed E-state index contributed by atoms with van der Waals surface area (Å²) < 4.78 is 0. The average molecular weight is 751 g/mol. The van der Waals surface area contributed by atoms with Gasteiger partial charge in [0.2, 0.25) is 0 Å². The Bertz CT molecular complexity index is 2020. The van der Waals surface area contributed by atoms with Crippen molar-refractivity contribution in [3.8, 4) is 30.6 Å². The smallest absolute Gasteiger partial charge is 0.134 e. The zero-order chi connectivity index (χ0) is 37.9. The van der Waals surface area contributed by atoms with Crippen molar-refractivity contribution >= 4 is 51.5 Å². The molecule has 7 rings (SSSR count). The Morgan fingerprint density at radius 3 is 0.943 bits per heavy atom. The highest BCUT2D eigenvalue weighted by molar-refractivity contribution is 7.35. The van der Waals surface area contributed by atoms with E-state index < -0.39 is 8.07 Å². The van der Waals surface area contributed by atoms with E-state index in [0.717, 1.165) is 0 Å². The highest BCUT2D eigenvalue weighted by Crippen LogP contribution is 2.49. The number of rotatable bonds is 10. The highest BCUT2D eigenvalue weighted by Gasteiger charge is 2.51. The Kier molecular flexibility index (Phi) is 10.4. The molecular formula is C50H58S2Si. The minimum absolute atomic E-state index is 0.435. The molecule has 0 radical (unpaired) electrons. The minimum Gasteiger partial charge on any atom is -0.134 e. The summed E-state index contributed by atoms with van der Waals surface area (Å²) in [5, 5.41) is 6.10. The SMILES string of the molecule is CC(C)c1cc(C(C)C)c(-c2cc3c(s2)-c2sc(-c4c(C(C)C)cc(C(C)C)cc4C(C)C)cc2[Si]3(c2ccccc2)c2ccccc2)c(C(C)C)c1. The first-order valence-corrected chi connectivity index (χ1v) is 23.6. The second-order valence-corrected chi connectivity index (χ2v) is 23.1. The third-order valence-electron chi connectivity index (χ3n) is 11.6. The molecule has 0 saturated carbocycles. The van der Waals surface area contributed by atoms with E-state index in [1.807, 2.05) is 0 Å². The van der Waals surface area contributed by atoms with Gasteiger partial charge < -0.3 is 0 Å². The molecule has 4 aromatic carbocycles. The molecule has 0 aliphatic carbocycles. The molecule has 0 spiro atoms. The summed E-state index contributed by atoms with van der Waals surface area (Å²) >= 11 is 4.14. The van der Waals surface area contributed by atoms with Crippen LogP contribution < -0.4 is 20.7 Å². The topological polar surface area (TPSA) is 0 Å². The maximum atomic E-state index is 2.66. The van der Waals surface area contributed by atoms with Gasteiger partial charge in [0.15, 0.2) is 8.07 Å². The molecule has 1 aliphatic heterocycles. The van der Waals surface area contributed by atoms with Crippen LogP contribution in [0.2, 0.25) is 0 Å². The van der Waals surface area contributed by atoms with Crippen molar-refractivity contribution in [3.05, 3.63) is 130 Å². The van der Waals surface area contributed by atoms with Crippen molar-refractivity contribution in [1.82, 2.24) is 0 Å². The van der Waals surface area contributed by atoms with Gasteiger partial charge in [0.1, 0.15) is 0 Å². The third-order valence-corrected chi connectivity index (χ3v) is 19.3. The van der Waals surface area contributed by atoms with Crippen molar-refractivity contribution < 1.29 is 0 Å². The number of fused-ring (bicyclic) bond motifs is 3. The zero-order valence-electron chi connectivity index (χ0n) is 34.0. The molecule has 53 heavy (non-hydrogen) atoms. The van der Waals surface area contributed by atoms with E-state index >= 15 is 0 Å². The summed E-state index contributed by atoms with van der Waals surface area (Å²) in [5.74, 6) is 2.73. The Balaban J connectivity index is 1.60. The molecule has 0 nitrogen and oxygen atoms in total. The van der Waals surface area contributed by atoms with Gasteiger partial charge in [-0.2, -0.15) is 0 Å². The lowest BCUT2D eigenvalue weighted by atomic mass is 9.84. The molecule has 274 valence electrons. The van der Waals surface area contributed by atoms with Gasteiger partial charge in [0.05, 0.1) is 0 Å². The fourth-order valence-corrected chi connectivity index (χ4v) is 17.7. The lowest BCUT2D eigenvalue weighted by Gasteiger charge is -2.30. The second-order valence-electron chi connectivity index (χ2n) is 17.3. The van der Waals surface area contributed by atoms with Crippen LogP contribution in [0.15, 0.2) is 97.1 Å².